The number of aromatic nitrogens is 2. The number of unbranched alkanes of at least 4 members (excludes halogenated alkanes) is 14. The molecule has 1 saturated heterocycles. The number of hydrogen-bond donors (Lipinski definition) is 3. The van der Waals surface area contributed by atoms with E-state index in [9.17, 15) is 42.3 Å². The molecule has 1 fully saturated rings. The number of thioether (sulfide) groups is 1. The predicted molar refractivity (Wildman–Crippen MR) is 255 cm³/mol. The number of benzene rings is 2. The van der Waals surface area contributed by atoms with Gasteiger partial charge in [-0.05, 0) is 48.2 Å². The molecule has 0 bridgehead atoms. The van der Waals surface area contributed by atoms with Crippen molar-refractivity contribution in [2.45, 2.75) is 148 Å². The van der Waals surface area contributed by atoms with Crippen LogP contribution in [0.1, 0.15) is 140 Å². The van der Waals surface area contributed by atoms with Crippen LogP contribution in [0.3, 0.4) is 0 Å². The van der Waals surface area contributed by atoms with Crippen LogP contribution in [-0.2, 0) is 63.4 Å². The van der Waals surface area contributed by atoms with Gasteiger partial charge in [-0.15, -0.1) is 11.8 Å². The van der Waals surface area contributed by atoms with Gasteiger partial charge in [-0.3, -0.25) is 22.9 Å². The summed E-state index contributed by atoms with van der Waals surface area (Å²) in [6.45, 7) is 2.45. The first kappa shape index (κ1) is 58.1. The number of nitrogens with zero attached hydrogens (tertiary/aromatic N) is 2. The van der Waals surface area contributed by atoms with E-state index in [0.717, 1.165) is 48.2 Å². The molecule has 0 spiro atoms. The Bertz CT molecular complexity index is 2240. The molecule has 4 N–H and O–H groups in total. The lowest BCUT2D eigenvalue weighted by Gasteiger charge is -2.22. The Morgan fingerprint density at radius 2 is 1.28 bits per heavy atom. The molecule has 5 atom stereocenters. The summed E-state index contributed by atoms with van der Waals surface area (Å²) in [7, 11) is -16.5. The average molecular weight is 1050 g/mol. The number of phosphoric acid groups is 3. The standard InChI is InChI=1S/C44H65FN3O17P3S/c1-3-5-7-8-9-10-11-12-13-14-15-16-17-18-28-57-44(51)62-37-26-22-35(23-27-37)31-60-68(56,59-30-34-20-24-36(25-21-34)61-40(49)19-6-4-2)65-67(54,55)64-66(52,53)58-32-41-63-39(33-69-41)48-29-38(45)42(46)47-43(48)50/h20-27,29,39,41H,3-19,28,30-33H2,1-2H3,(H,52,53)(H,54,55)(H2,46,47,50)/t39-,41+,68?/m0/s1. The molecule has 0 aliphatic carbocycles. The number of nitrogens with two attached hydrogens (primary N) is 1. The fourth-order valence-electron chi connectivity index (χ4n) is 6.57. The van der Waals surface area contributed by atoms with Crippen molar-refractivity contribution in [3.05, 3.63) is 82.2 Å². The SMILES string of the molecule is CCCCCCCCCCCCCCCCOC(=O)Oc1ccc(COP(=O)(OCc2ccc(OC(=O)CCCC)cc2)OP(=O)(O)OP(=O)(O)OC[C@@H]2O[C@H](n3cc(F)c(N)nc3=O)CS2)cc1. The Kier molecular flexibility index (Phi) is 25.6. The molecule has 4 rings (SSSR count). The van der Waals surface area contributed by atoms with E-state index in [2.05, 4.69) is 16.2 Å². The van der Waals surface area contributed by atoms with Crippen molar-refractivity contribution in [2.75, 3.05) is 24.7 Å². The molecule has 1 aliphatic rings. The molecule has 25 heteroatoms. The number of halogens is 1. The highest BCUT2D eigenvalue weighted by Gasteiger charge is 2.44. The molecule has 69 heavy (non-hydrogen) atoms. The van der Waals surface area contributed by atoms with Gasteiger partial charge in [0.2, 0.25) is 0 Å². The molecule has 0 amide bonds. The first-order valence-corrected chi connectivity index (χ1v) is 28.6. The van der Waals surface area contributed by atoms with Gasteiger partial charge in [0.05, 0.1) is 32.6 Å². The molecule has 386 valence electrons. The van der Waals surface area contributed by atoms with Crippen molar-refractivity contribution < 1.29 is 78.6 Å². The van der Waals surface area contributed by atoms with Crippen LogP contribution in [0.5, 0.6) is 11.5 Å². The largest absolute Gasteiger partial charge is 0.513 e. The molecular weight excluding hydrogens is 986 g/mol. The highest BCUT2D eigenvalue weighted by molar-refractivity contribution is 8.00. The van der Waals surface area contributed by atoms with Crippen LogP contribution >= 0.6 is 35.2 Å². The van der Waals surface area contributed by atoms with Gasteiger partial charge in [0.15, 0.2) is 11.6 Å². The number of carbonyl (C=O) groups is 2. The van der Waals surface area contributed by atoms with Gasteiger partial charge in [-0.2, -0.15) is 13.6 Å². The molecule has 3 aromatic rings. The molecule has 2 heterocycles. The molecule has 3 unspecified atom stereocenters. The maximum atomic E-state index is 14.0. The Balaban J connectivity index is 1.26. The summed E-state index contributed by atoms with van der Waals surface area (Å²) < 4.78 is 101. The van der Waals surface area contributed by atoms with E-state index in [4.69, 9.17) is 42.6 Å². The van der Waals surface area contributed by atoms with E-state index in [-0.39, 0.29) is 35.8 Å². The zero-order valence-corrected chi connectivity index (χ0v) is 42.5. The Morgan fingerprint density at radius 1 is 0.754 bits per heavy atom. The second kappa shape index (κ2) is 30.4. The third-order valence-corrected chi connectivity index (χ3v) is 16.0. The van der Waals surface area contributed by atoms with Gasteiger partial charge in [0.25, 0.3) is 0 Å². The van der Waals surface area contributed by atoms with E-state index in [1.165, 1.54) is 113 Å². The second-order valence-corrected chi connectivity index (χ2v) is 22.1. The number of hydrogen-bond acceptors (Lipinski definition) is 18. The van der Waals surface area contributed by atoms with Crippen LogP contribution in [0.2, 0.25) is 0 Å². The molecule has 20 nitrogen and oxygen atoms in total. The Morgan fingerprint density at radius 3 is 1.83 bits per heavy atom. The predicted octanol–water partition coefficient (Wildman–Crippen LogP) is 11.4. The minimum atomic E-state index is -5.84. The fraction of sp³-hybridized carbons (Fsp3) is 0.591. The molecule has 2 aromatic carbocycles. The number of rotatable bonds is 34. The first-order chi connectivity index (χ1) is 33.0. The molecule has 1 aliphatic heterocycles. The Labute approximate surface area is 406 Å². The normalized spacial score (nSPS) is 17.4. The lowest BCUT2D eigenvalue weighted by molar-refractivity contribution is -0.134. The van der Waals surface area contributed by atoms with Crippen molar-refractivity contribution in [1.82, 2.24) is 9.55 Å². The van der Waals surface area contributed by atoms with E-state index >= 15 is 0 Å². The number of ether oxygens (including phenoxy) is 4. The van der Waals surface area contributed by atoms with Crippen LogP contribution in [0.25, 0.3) is 0 Å². The zero-order chi connectivity index (χ0) is 50.1. The minimum Gasteiger partial charge on any atom is -0.434 e. The summed E-state index contributed by atoms with van der Waals surface area (Å²) in [5, 5.41) is 0. The number of phosphoric ester groups is 2. The lowest BCUT2D eigenvalue weighted by Crippen LogP contribution is -2.30. The molecule has 1 aromatic heterocycles. The van der Waals surface area contributed by atoms with Gasteiger partial charge >= 0.3 is 41.3 Å². The number of nitrogen functional groups attached to an aromatic ring is 1. The van der Waals surface area contributed by atoms with Crippen molar-refractivity contribution in [1.29, 1.82) is 0 Å². The van der Waals surface area contributed by atoms with E-state index < -0.39 is 84.4 Å². The van der Waals surface area contributed by atoms with E-state index in [1.54, 1.807) is 0 Å². The van der Waals surface area contributed by atoms with Gasteiger partial charge in [0, 0.05) is 12.2 Å². The smallest absolute Gasteiger partial charge is 0.434 e. The van der Waals surface area contributed by atoms with Crippen LogP contribution in [0.4, 0.5) is 15.0 Å². The van der Waals surface area contributed by atoms with Gasteiger partial charge in [-0.25, -0.2) is 27.7 Å². The minimum absolute atomic E-state index is 0.0454. The fourth-order valence-corrected chi connectivity index (χ4v) is 11.7. The number of anilines is 1. The van der Waals surface area contributed by atoms with Crippen LogP contribution < -0.4 is 20.9 Å². The van der Waals surface area contributed by atoms with E-state index in [0.29, 0.717) is 18.4 Å². The van der Waals surface area contributed by atoms with Crippen molar-refractivity contribution >= 4 is 53.2 Å². The third kappa shape index (κ3) is 23.1. The van der Waals surface area contributed by atoms with Crippen LogP contribution in [0, 0.1) is 5.82 Å². The summed E-state index contributed by atoms with van der Waals surface area (Å²) in [5.74, 6) is -1.65. The topological polar surface area (TPSA) is 270 Å². The van der Waals surface area contributed by atoms with Crippen molar-refractivity contribution in [3.63, 3.8) is 0 Å². The highest BCUT2D eigenvalue weighted by Crippen LogP contribution is 2.69. The summed E-state index contributed by atoms with van der Waals surface area (Å²) in [6.07, 6.45) is 17.3. The maximum absolute atomic E-state index is 14.0. The second-order valence-electron chi connectivity index (χ2n) is 16.1. The van der Waals surface area contributed by atoms with Gasteiger partial charge in [0.1, 0.15) is 23.2 Å². The average Bonchev–Trinajstić information content (AvgIpc) is 3.78. The quantitative estimate of drug-likeness (QED) is 0.0165. The van der Waals surface area contributed by atoms with Gasteiger partial charge in [-0.1, -0.05) is 128 Å². The summed E-state index contributed by atoms with van der Waals surface area (Å²) in [6, 6.07) is 11.4. The van der Waals surface area contributed by atoms with Crippen LogP contribution in [0.15, 0.2) is 59.5 Å². The maximum Gasteiger partial charge on any atom is 0.513 e. The molecule has 0 saturated carbocycles. The van der Waals surface area contributed by atoms with Gasteiger partial charge < -0.3 is 34.5 Å². The Hall–Kier alpha value is -3.49. The van der Waals surface area contributed by atoms with Crippen molar-refractivity contribution in [3.8, 4) is 11.5 Å². The lowest BCUT2D eigenvalue weighted by atomic mass is 10.0. The monoisotopic (exact) mass is 1050 g/mol. The summed E-state index contributed by atoms with van der Waals surface area (Å²) >= 11 is 0.983. The first-order valence-electron chi connectivity index (χ1n) is 23.1. The number of esters is 1. The molecule has 0 radical (unpaired) electrons. The zero-order valence-electron chi connectivity index (χ0n) is 39.0. The van der Waals surface area contributed by atoms with Crippen LogP contribution in [-0.4, -0.2) is 55.9 Å². The van der Waals surface area contributed by atoms with E-state index in [1.807, 2.05) is 6.92 Å². The van der Waals surface area contributed by atoms with Crippen molar-refractivity contribution in [2.24, 2.45) is 0 Å². The summed E-state index contributed by atoms with van der Waals surface area (Å²) in [5.41, 5.74) is 3.94. The summed E-state index contributed by atoms with van der Waals surface area (Å²) in [4.78, 5) is 60.8. The number of carbonyl (C=O) groups excluding carboxylic acids is 2. The third-order valence-electron chi connectivity index (χ3n) is 10.3. The highest BCUT2D eigenvalue weighted by atomic mass is 32.2. The molecular formula is C44H65FN3O17P3S.